The van der Waals surface area contributed by atoms with Crippen LogP contribution in [0.15, 0.2) is 12.2 Å². The molecule has 0 saturated carbocycles. The van der Waals surface area contributed by atoms with Crippen LogP contribution in [0.4, 0.5) is 9.59 Å². The van der Waals surface area contributed by atoms with E-state index in [0.717, 1.165) is 5.01 Å². The standard InChI is InChI=1S/C18H32N2O6/c1-12(13(21)24-16(2,3)4)11-20(15(23)26-18(8,9)10)19-14(22)25-17(5,6)7/h1,11H2,2-10H3,(H,19,22). The number of carbonyl (C=O) groups excluding carboxylic acids is 3. The molecule has 26 heavy (non-hydrogen) atoms. The Labute approximate surface area is 155 Å². The van der Waals surface area contributed by atoms with E-state index in [1.165, 1.54) is 0 Å². The SMILES string of the molecule is C=C(CN(NC(=O)OC(C)(C)C)C(=O)OC(C)(C)C)C(=O)OC(C)(C)C. The van der Waals surface area contributed by atoms with E-state index in [-0.39, 0.29) is 12.1 Å². The van der Waals surface area contributed by atoms with Gasteiger partial charge in [0.15, 0.2) is 0 Å². The fraction of sp³-hybridized carbons (Fsp3) is 0.722. The molecule has 0 aliphatic carbocycles. The molecule has 1 N–H and O–H groups in total. The Bertz CT molecular complexity index is 549. The Morgan fingerprint density at radius 1 is 0.808 bits per heavy atom. The second kappa shape index (κ2) is 8.42. The summed E-state index contributed by atoms with van der Waals surface area (Å²) in [5.74, 6) is -0.683. The molecule has 0 aromatic carbocycles. The van der Waals surface area contributed by atoms with Crippen LogP contribution in [-0.4, -0.2) is 46.5 Å². The van der Waals surface area contributed by atoms with Gasteiger partial charge >= 0.3 is 18.2 Å². The van der Waals surface area contributed by atoms with Crippen molar-refractivity contribution >= 4 is 18.2 Å². The normalized spacial score (nSPS) is 12.0. The van der Waals surface area contributed by atoms with Crippen molar-refractivity contribution < 1.29 is 28.6 Å². The van der Waals surface area contributed by atoms with Gasteiger partial charge in [0.1, 0.15) is 16.8 Å². The summed E-state index contributed by atoms with van der Waals surface area (Å²) >= 11 is 0. The number of hydrazine groups is 1. The van der Waals surface area contributed by atoms with E-state index < -0.39 is 35.0 Å². The number of hydrogen-bond acceptors (Lipinski definition) is 6. The fourth-order valence-electron chi connectivity index (χ4n) is 1.48. The molecular formula is C18H32N2O6. The van der Waals surface area contributed by atoms with Gasteiger partial charge < -0.3 is 14.2 Å². The van der Waals surface area contributed by atoms with Crippen LogP contribution < -0.4 is 5.43 Å². The summed E-state index contributed by atoms with van der Waals surface area (Å²) in [7, 11) is 0. The summed E-state index contributed by atoms with van der Waals surface area (Å²) in [6.45, 7) is 18.5. The second-order valence-electron chi connectivity index (χ2n) is 8.79. The third-order valence-corrected chi connectivity index (χ3v) is 2.28. The first kappa shape index (κ1) is 23.8. The van der Waals surface area contributed by atoms with Crippen molar-refractivity contribution in [3.05, 3.63) is 12.2 Å². The van der Waals surface area contributed by atoms with Crippen molar-refractivity contribution in [3.8, 4) is 0 Å². The van der Waals surface area contributed by atoms with Gasteiger partial charge in [-0.1, -0.05) is 6.58 Å². The van der Waals surface area contributed by atoms with Crippen LogP contribution >= 0.6 is 0 Å². The molecule has 0 bridgehead atoms. The van der Waals surface area contributed by atoms with E-state index in [1.807, 2.05) is 0 Å². The first-order valence-corrected chi connectivity index (χ1v) is 8.31. The van der Waals surface area contributed by atoms with E-state index in [2.05, 4.69) is 12.0 Å². The number of hydrogen-bond donors (Lipinski definition) is 1. The van der Waals surface area contributed by atoms with Gasteiger partial charge in [0.05, 0.1) is 12.1 Å². The number of rotatable bonds is 3. The van der Waals surface area contributed by atoms with Gasteiger partial charge in [0, 0.05) is 0 Å². The number of nitrogens with zero attached hydrogens (tertiary/aromatic N) is 1. The van der Waals surface area contributed by atoms with Crippen LogP contribution in [0.1, 0.15) is 62.3 Å². The molecule has 0 aliphatic rings. The van der Waals surface area contributed by atoms with Crippen LogP contribution in [0.2, 0.25) is 0 Å². The molecule has 0 radical (unpaired) electrons. The van der Waals surface area contributed by atoms with Gasteiger partial charge in [0.25, 0.3) is 0 Å². The molecule has 0 unspecified atom stereocenters. The van der Waals surface area contributed by atoms with E-state index in [1.54, 1.807) is 62.3 Å². The fourth-order valence-corrected chi connectivity index (χ4v) is 1.48. The van der Waals surface area contributed by atoms with Crippen LogP contribution in [0.3, 0.4) is 0 Å². The van der Waals surface area contributed by atoms with Gasteiger partial charge in [-0.05, 0) is 62.3 Å². The zero-order valence-corrected chi connectivity index (χ0v) is 17.3. The minimum atomic E-state index is -0.861. The lowest BCUT2D eigenvalue weighted by Gasteiger charge is -2.29. The van der Waals surface area contributed by atoms with Crippen molar-refractivity contribution in [2.24, 2.45) is 0 Å². The highest BCUT2D eigenvalue weighted by molar-refractivity contribution is 5.89. The van der Waals surface area contributed by atoms with E-state index >= 15 is 0 Å². The molecule has 8 nitrogen and oxygen atoms in total. The Morgan fingerprint density at radius 3 is 1.62 bits per heavy atom. The zero-order chi connectivity index (χ0) is 20.9. The summed E-state index contributed by atoms with van der Waals surface area (Å²) in [5.41, 5.74) is -0.0170. The molecule has 0 heterocycles. The summed E-state index contributed by atoms with van der Waals surface area (Å²) in [6, 6.07) is 0. The first-order valence-electron chi connectivity index (χ1n) is 8.31. The predicted octanol–water partition coefficient (Wildman–Crippen LogP) is 3.56. The van der Waals surface area contributed by atoms with Crippen molar-refractivity contribution in [2.45, 2.75) is 79.1 Å². The minimum Gasteiger partial charge on any atom is -0.457 e. The lowest BCUT2D eigenvalue weighted by atomic mass is 10.2. The van der Waals surface area contributed by atoms with Crippen molar-refractivity contribution in [3.63, 3.8) is 0 Å². The Balaban J connectivity index is 5.20. The predicted molar refractivity (Wildman–Crippen MR) is 97.3 cm³/mol. The molecule has 0 aromatic rings. The number of esters is 1. The number of nitrogens with one attached hydrogen (secondary N) is 1. The lowest BCUT2D eigenvalue weighted by Crippen LogP contribution is -2.51. The summed E-state index contributed by atoms with van der Waals surface area (Å²) in [5, 5.41) is 0.825. The largest absolute Gasteiger partial charge is 0.457 e. The molecule has 2 amide bonds. The number of carbonyl (C=O) groups is 3. The van der Waals surface area contributed by atoms with Crippen LogP contribution in [0.5, 0.6) is 0 Å². The lowest BCUT2D eigenvalue weighted by molar-refractivity contribution is -0.150. The number of amides is 2. The highest BCUT2D eigenvalue weighted by Gasteiger charge is 2.28. The van der Waals surface area contributed by atoms with Crippen molar-refractivity contribution in [2.75, 3.05) is 6.54 Å². The third-order valence-electron chi connectivity index (χ3n) is 2.28. The van der Waals surface area contributed by atoms with Crippen LogP contribution in [0, 0.1) is 0 Å². The van der Waals surface area contributed by atoms with Crippen molar-refractivity contribution in [1.82, 2.24) is 10.4 Å². The molecule has 0 fully saturated rings. The average Bonchev–Trinajstić information content (AvgIpc) is 2.30. The maximum absolute atomic E-state index is 12.3. The highest BCUT2D eigenvalue weighted by atomic mass is 16.6. The number of ether oxygens (including phenoxy) is 3. The Kier molecular flexibility index (Phi) is 7.69. The summed E-state index contributed by atoms with van der Waals surface area (Å²) < 4.78 is 15.6. The molecular weight excluding hydrogens is 340 g/mol. The maximum Gasteiger partial charge on any atom is 0.429 e. The van der Waals surface area contributed by atoms with Gasteiger partial charge in [-0.3, -0.25) is 0 Å². The molecule has 0 aliphatic heterocycles. The molecule has 0 aromatic heterocycles. The molecule has 0 atom stereocenters. The minimum absolute atomic E-state index is 0.0261. The van der Waals surface area contributed by atoms with E-state index in [9.17, 15) is 14.4 Å². The average molecular weight is 372 g/mol. The third kappa shape index (κ3) is 11.3. The van der Waals surface area contributed by atoms with Gasteiger partial charge in [-0.15, -0.1) is 0 Å². The Morgan fingerprint density at radius 2 is 1.23 bits per heavy atom. The molecule has 0 spiro atoms. The first-order chi connectivity index (χ1) is 11.4. The molecule has 150 valence electrons. The van der Waals surface area contributed by atoms with Crippen molar-refractivity contribution in [1.29, 1.82) is 0 Å². The highest BCUT2D eigenvalue weighted by Crippen LogP contribution is 2.14. The zero-order valence-electron chi connectivity index (χ0n) is 17.3. The second-order valence-corrected chi connectivity index (χ2v) is 8.79. The molecule has 8 heteroatoms. The van der Waals surface area contributed by atoms with E-state index in [0.29, 0.717) is 0 Å². The smallest absolute Gasteiger partial charge is 0.429 e. The molecule has 0 saturated heterocycles. The Hall–Kier alpha value is -2.25. The topological polar surface area (TPSA) is 94.2 Å². The van der Waals surface area contributed by atoms with Gasteiger partial charge in [0.2, 0.25) is 0 Å². The monoisotopic (exact) mass is 372 g/mol. The maximum atomic E-state index is 12.3. The van der Waals surface area contributed by atoms with Gasteiger partial charge in [-0.25, -0.2) is 24.8 Å². The molecule has 0 rings (SSSR count). The quantitative estimate of drug-likeness (QED) is 0.352. The van der Waals surface area contributed by atoms with E-state index in [4.69, 9.17) is 14.2 Å². The summed E-state index contributed by atoms with van der Waals surface area (Å²) in [4.78, 5) is 36.4. The summed E-state index contributed by atoms with van der Waals surface area (Å²) in [6.07, 6.45) is -1.71. The van der Waals surface area contributed by atoms with Gasteiger partial charge in [-0.2, -0.15) is 0 Å². The van der Waals surface area contributed by atoms with Crippen LogP contribution in [-0.2, 0) is 19.0 Å². The van der Waals surface area contributed by atoms with Crippen LogP contribution in [0.25, 0.3) is 0 Å².